The van der Waals surface area contributed by atoms with Crippen LogP contribution in [0.25, 0.3) is 0 Å². The molecule has 1 amide bonds. The quantitative estimate of drug-likeness (QED) is 0.703. The number of rotatable bonds is 9. The predicted molar refractivity (Wildman–Crippen MR) is 102 cm³/mol. The lowest BCUT2D eigenvalue weighted by Crippen LogP contribution is -2.34. The summed E-state index contributed by atoms with van der Waals surface area (Å²) in [5.74, 6) is 0.644. The molecule has 0 saturated heterocycles. The number of carbonyl (C=O) groups is 2. The van der Waals surface area contributed by atoms with Gasteiger partial charge in [0, 0.05) is 30.5 Å². The number of likely N-dealkylation sites (N-methyl/N-ethyl adjacent to an activating group) is 1. The smallest absolute Gasteiger partial charge is 0.220 e. The van der Waals surface area contributed by atoms with Crippen molar-refractivity contribution in [2.45, 2.75) is 18.9 Å². The lowest BCUT2D eigenvalue weighted by molar-refractivity contribution is -0.121. The number of Topliss-reactive ketones (excluding diaryl/α,β-unsaturated/α-hetero) is 1. The van der Waals surface area contributed by atoms with Gasteiger partial charge in [0.05, 0.1) is 13.2 Å². The molecule has 5 nitrogen and oxygen atoms in total. The summed E-state index contributed by atoms with van der Waals surface area (Å²) in [5, 5.41) is 2.93. The van der Waals surface area contributed by atoms with Crippen molar-refractivity contribution in [2.24, 2.45) is 0 Å². The van der Waals surface area contributed by atoms with E-state index >= 15 is 0 Å². The van der Waals surface area contributed by atoms with Gasteiger partial charge in [0.2, 0.25) is 5.91 Å². The highest BCUT2D eigenvalue weighted by molar-refractivity contribution is 5.97. The summed E-state index contributed by atoms with van der Waals surface area (Å²) in [4.78, 5) is 26.3. The van der Waals surface area contributed by atoms with E-state index in [0.29, 0.717) is 12.1 Å². The van der Waals surface area contributed by atoms with Crippen LogP contribution in [0.15, 0.2) is 54.6 Å². The first-order valence-corrected chi connectivity index (χ1v) is 8.67. The van der Waals surface area contributed by atoms with Crippen LogP contribution in [-0.4, -0.2) is 44.3 Å². The molecule has 0 aliphatic heterocycles. The van der Waals surface area contributed by atoms with Gasteiger partial charge in [-0.25, -0.2) is 0 Å². The van der Waals surface area contributed by atoms with E-state index in [4.69, 9.17) is 4.74 Å². The van der Waals surface area contributed by atoms with Gasteiger partial charge >= 0.3 is 0 Å². The number of ketones is 1. The first kappa shape index (κ1) is 19.7. The standard InChI is InChI=1S/C21H26N2O3/c1-23(2)18(17-11-7-8-12-20(17)26-3)15-22-21(25)14-13-19(24)16-9-5-4-6-10-16/h4-12,18H,13-15H2,1-3H3,(H,22,25). The van der Waals surface area contributed by atoms with Gasteiger partial charge in [-0.2, -0.15) is 0 Å². The monoisotopic (exact) mass is 354 g/mol. The fourth-order valence-corrected chi connectivity index (χ4v) is 2.81. The topological polar surface area (TPSA) is 58.6 Å². The minimum atomic E-state index is -0.129. The van der Waals surface area contributed by atoms with Crippen molar-refractivity contribution in [1.29, 1.82) is 0 Å². The molecule has 0 aliphatic rings. The number of methoxy groups -OCH3 is 1. The van der Waals surface area contributed by atoms with Crippen molar-refractivity contribution in [1.82, 2.24) is 10.2 Å². The SMILES string of the molecule is COc1ccccc1C(CNC(=O)CCC(=O)c1ccccc1)N(C)C. The largest absolute Gasteiger partial charge is 0.496 e. The normalized spacial score (nSPS) is 11.8. The molecule has 1 unspecified atom stereocenters. The van der Waals surface area contributed by atoms with Crippen LogP contribution in [0.4, 0.5) is 0 Å². The Morgan fingerprint density at radius 3 is 2.31 bits per heavy atom. The van der Waals surface area contributed by atoms with E-state index in [2.05, 4.69) is 5.32 Å². The van der Waals surface area contributed by atoms with Crippen LogP contribution in [0.1, 0.15) is 34.8 Å². The molecule has 2 rings (SSSR count). The molecule has 0 fully saturated rings. The maximum atomic E-state index is 12.2. The van der Waals surface area contributed by atoms with Gasteiger partial charge in [0.25, 0.3) is 0 Å². The Balaban J connectivity index is 1.90. The summed E-state index contributed by atoms with van der Waals surface area (Å²) in [7, 11) is 5.56. The molecule has 0 spiro atoms. The number of benzene rings is 2. The van der Waals surface area contributed by atoms with E-state index in [1.165, 1.54) is 0 Å². The summed E-state index contributed by atoms with van der Waals surface area (Å²) in [6.07, 6.45) is 0.386. The molecule has 138 valence electrons. The van der Waals surface area contributed by atoms with Crippen LogP contribution in [0.3, 0.4) is 0 Å². The number of para-hydroxylation sites is 1. The molecule has 0 aromatic heterocycles. The zero-order chi connectivity index (χ0) is 18.9. The zero-order valence-electron chi connectivity index (χ0n) is 15.6. The van der Waals surface area contributed by atoms with Crippen molar-refractivity contribution < 1.29 is 14.3 Å². The minimum Gasteiger partial charge on any atom is -0.496 e. The summed E-state index contributed by atoms with van der Waals surface area (Å²) in [6, 6.07) is 16.8. The van der Waals surface area contributed by atoms with E-state index in [-0.39, 0.29) is 30.6 Å². The van der Waals surface area contributed by atoms with E-state index in [0.717, 1.165) is 11.3 Å². The molecule has 0 aliphatic carbocycles. The van der Waals surface area contributed by atoms with Crippen LogP contribution < -0.4 is 10.1 Å². The number of hydrogen-bond acceptors (Lipinski definition) is 4. The Bertz CT molecular complexity index is 729. The average Bonchev–Trinajstić information content (AvgIpc) is 2.67. The molecule has 1 atom stereocenters. The summed E-state index contributed by atoms with van der Waals surface area (Å²) >= 11 is 0. The second kappa shape index (κ2) is 9.73. The van der Waals surface area contributed by atoms with Gasteiger partial charge in [0.1, 0.15) is 5.75 Å². The van der Waals surface area contributed by atoms with Crippen LogP contribution in [0.2, 0.25) is 0 Å². The van der Waals surface area contributed by atoms with Crippen molar-refractivity contribution >= 4 is 11.7 Å². The highest BCUT2D eigenvalue weighted by atomic mass is 16.5. The highest BCUT2D eigenvalue weighted by Crippen LogP contribution is 2.27. The third kappa shape index (κ3) is 5.43. The van der Waals surface area contributed by atoms with E-state index in [9.17, 15) is 9.59 Å². The van der Waals surface area contributed by atoms with Crippen LogP contribution in [0.5, 0.6) is 5.75 Å². The van der Waals surface area contributed by atoms with Crippen molar-refractivity contribution in [3.8, 4) is 5.75 Å². The molecule has 1 N–H and O–H groups in total. The maximum absolute atomic E-state index is 12.2. The van der Waals surface area contributed by atoms with Gasteiger partial charge in [-0.15, -0.1) is 0 Å². The Labute approximate surface area is 155 Å². The first-order chi connectivity index (χ1) is 12.5. The van der Waals surface area contributed by atoms with Gasteiger partial charge < -0.3 is 15.0 Å². The maximum Gasteiger partial charge on any atom is 0.220 e. The number of hydrogen-bond donors (Lipinski definition) is 1. The molecule has 2 aromatic carbocycles. The molecule has 0 bridgehead atoms. The molecule has 0 heterocycles. The Morgan fingerprint density at radius 2 is 1.65 bits per heavy atom. The predicted octanol–water partition coefficient (Wildman–Crippen LogP) is 3.08. The molecule has 2 aromatic rings. The number of nitrogens with zero attached hydrogens (tertiary/aromatic N) is 1. The summed E-state index contributed by atoms with van der Waals surface area (Å²) in [5.41, 5.74) is 1.65. The lowest BCUT2D eigenvalue weighted by Gasteiger charge is -2.26. The van der Waals surface area contributed by atoms with Gasteiger partial charge in [-0.1, -0.05) is 48.5 Å². The second-order valence-corrected chi connectivity index (χ2v) is 6.31. The van der Waals surface area contributed by atoms with E-state index < -0.39 is 0 Å². The number of nitrogens with one attached hydrogen (secondary N) is 1. The third-order valence-electron chi connectivity index (χ3n) is 4.29. The average molecular weight is 354 g/mol. The molecular weight excluding hydrogens is 328 g/mol. The Kier molecular flexibility index (Phi) is 7.36. The fraction of sp³-hybridized carbons (Fsp3) is 0.333. The number of amides is 1. The summed E-state index contributed by atoms with van der Waals surface area (Å²) in [6.45, 7) is 0.450. The number of ether oxygens (including phenoxy) is 1. The Morgan fingerprint density at radius 1 is 1.00 bits per heavy atom. The molecular formula is C21H26N2O3. The van der Waals surface area contributed by atoms with Crippen molar-refractivity contribution in [3.63, 3.8) is 0 Å². The molecule has 5 heteroatoms. The Hall–Kier alpha value is -2.66. The highest BCUT2D eigenvalue weighted by Gasteiger charge is 2.19. The second-order valence-electron chi connectivity index (χ2n) is 6.31. The molecule has 0 radical (unpaired) electrons. The zero-order valence-corrected chi connectivity index (χ0v) is 15.6. The first-order valence-electron chi connectivity index (χ1n) is 8.67. The van der Waals surface area contributed by atoms with Gasteiger partial charge in [-0.05, 0) is 20.2 Å². The van der Waals surface area contributed by atoms with Crippen LogP contribution in [0, 0.1) is 0 Å². The summed E-state index contributed by atoms with van der Waals surface area (Å²) < 4.78 is 5.43. The van der Waals surface area contributed by atoms with E-state index in [1.54, 1.807) is 19.2 Å². The van der Waals surface area contributed by atoms with E-state index in [1.807, 2.05) is 61.5 Å². The van der Waals surface area contributed by atoms with Crippen LogP contribution in [-0.2, 0) is 4.79 Å². The van der Waals surface area contributed by atoms with Crippen molar-refractivity contribution in [2.75, 3.05) is 27.7 Å². The molecule has 26 heavy (non-hydrogen) atoms. The third-order valence-corrected chi connectivity index (χ3v) is 4.29. The number of carbonyl (C=O) groups excluding carboxylic acids is 2. The lowest BCUT2D eigenvalue weighted by atomic mass is 10.0. The van der Waals surface area contributed by atoms with Gasteiger partial charge in [-0.3, -0.25) is 9.59 Å². The minimum absolute atomic E-state index is 0.0140. The molecule has 0 saturated carbocycles. The van der Waals surface area contributed by atoms with Crippen molar-refractivity contribution in [3.05, 3.63) is 65.7 Å². The van der Waals surface area contributed by atoms with Crippen LogP contribution >= 0.6 is 0 Å². The fourth-order valence-electron chi connectivity index (χ4n) is 2.81. The van der Waals surface area contributed by atoms with Gasteiger partial charge in [0.15, 0.2) is 5.78 Å².